The van der Waals surface area contributed by atoms with E-state index in [-0.39, 0.29) is 29.1 Å². The van der Waals surface area contributed by atoms with Gasteiger partial charge in [-0.1, -0.05) is 18.5 Å². The molecule has 20 heavy (non-hydrogen) atoms. The molecule has 0 spiro atoms. The van der Waals surface area contributed by atoms with Crippen LogP contribution in [0.3, 0.4) is 0 Å². The monoisotopic (exact) mass is 300 g/mol. The van der Waals surface area contributed by atoms with E-state index >= 15 is 0 Å². The summed E-state index contributed by atoms with van der Waals surface area (Å²) in [5.74, 6) is -0.0333. The van der Waals surface area contributed by atoms with Crippen molar-refractivity contribution in [1.29, 1.82) is 0 Å². The number of amides is 1. The summed E-state index contributed by atoms with van der Waals surface area (Å²) in [6.07, 6.45) is 0.728. The van der Waals surface area contributed by atoms with E-state index in [0.29, 0.717) is 6.54 Å². The van der Waals surface area contributed by atoms with Gasteiger partial charge < -0.3 is 9.80 Å². The minimum atomic E-state index is -0.526. The van der Waals surface area contributed by atoms with Crippen molar-refractivity contribution in [1.82, 2.24) is 9.88 Å². The first-order chi connectivity index (χ1) is 9.36. The van der Waals surface area contributed by atoms with Gasteiger partial charge in [-0.3, -0.25) is 14.9 Å². The summed E-state index contributed by atoms with van der Waals surface area (Å²) < 4.78 is 0. The third kappa shape index (κ3) is 4.06. The molecule has 1 aromatic rings. The Morgan fingerprint density at radius 3 is 2.60 bits per heavy atom. The van der Waals surface area contributed by atoms with Gasteiger partial charge in [0.15, 0.2) is 0 Å². The van der Waals surface area contributed by atoms with Crippen molar-refractivity contribution >= 4 is 29.0 Å². The Morgan fingerprint density at radius 2 is 2.10 bits per heavy atom. The van der Waals surface area contributed by atoms with E-state index < -0.39 is 4.92 Å². The van der Waals surface area contributed by atoms with Gasteiger partial charge in [-0.05, 0) is 12.5 Å². The van der Waals surface area contributed by atoms with Gasteiger partial charge in [0, 0.05) is 26.7 Å². The molecule has 0 bridgehead atoms. The molecule has 0 radical (unpaired) electrons. The van der Waals surface area contributed by atoms with Gasteiger partial charge in [0.1, 0.15) is 5.15 Å². The zero-order chi connectivity index (χ0) is 15.3. The number of anilines is 1. The lowest BCUT2D eigenvalue weighted by molar-refractivity contribution is -0.384. The van der Waals surface area contributed by atoms with Gasteiger partial charge in [-0.15, -0.1) is 0 Å². The van der Waals surface area contributed by atoms with E-state index in [1.807, 2.05) is 6.92 Å². The van der Waals surface area contributed by atoms with E-state index in [2.05, 4.69) is 4.98 Å². The third-order valence-corrected chi connectivity index (χ3v) is 2.85. The molecule has 0 aromatic carbocycles. The number of rotatable bonds is 6. The molecule has 0 aliphatic rings. The molecule has 1 heterocycles. The average molecular weight is 301 g/mol. The molecule has 1 rings (SSSR count). The van der Waals surface area contributed by atoms with Gasteiger partial charge in [0.05, 0.1) is 11.5 Å². The normalized spacial score (nSPS) is 10.2. The fraction of sp³-hybridized carbons (Fsp3) is 0.500. The highest BCUT2D eigenvalue weighted by Crippen LogP contribution is 2.27. The first-order valence-electron chi connectivity index (χ1n) is 6.12. The average Bonchev–Trinajstić information content (AvgIpc) is 2.37. The molecule has 0 atom stereocenters. The van der Waals surface area contributed by atoms with Crippen LogP contribution in [0.1, 0.15) is 13.3 Å². The zero-order valence-corrected chi connectivity index (χ0v) is 12.4. The van der Waals surface area contributed by atoms with Crippen molar-refractivity contribution in [3.05, 3.63) is 27.4 Å². The quantitative estimate of drug-likeness (QED) is 0.456. The van der Waals surface area contributed by atoms with Crippen LogP contribution in [0.5, 0.6) is 0 Å². The molecule has 7 nitrogen and oxygen atoms in total. The summed E-state index contributed by atoms with van der Waals surface area (Å²) in [5.41, 5.74) is -0.158. The van der Waals surface area contributed by atoms with Crippen LogP contribution in [-0.2, 0) is 4.79 Å². The number of pyridine rings is 1. The Kier molecular flexibility index (Phi) is 5.69. The minimum Gasteiger partial charge on any atom is -0.347 e. The first-order valence-corrected chi connectivity index (χ1v) is 6.50. The van der Waals surface area contributed by atoms with Gasteiger partial charge in [-0.2, -0.15) is 0 Å². The van der Waals surface area contributed by atoms with Crippen LogP contribution in [0, 0.1) is 10.1 Å². The maximum absolute atomic E-state index is 11.8. The van der Waals surface area contributed by atoms with E-state index in [1.54, 1.807) is 19.0 Å². The molecule has 8 heteroatoms. The van der Waals surface area contributed by atoms with Crippen LogP contribution >= 0.6 is 11.6 Å². The summed E-state index contributed by atoms with van der Waals surface area (Å²) in [6.45, 7) is 2.42. The Morgan fingerprint density at radius 1 is 1.45 bits per heavy atom. The number of carbonyl (C=O) groups is 1. The van der Waals surface area contributed by atoms with Gasteiger partial charge >= 0.3 is 5.69 Å². The summed E-state index contributed by atoms with van der Waals surface area (Å²) in [6, 6.07) is 2.66. The summed E-state index contributed by atoms with van der Waals surface area (Å²) in [7, 11) is 3.26. The molecule has 0 saturated heterocycles. The zero-order valence-electron chi connectivity index (χ0n) is 11.7. The highest BCUT2D eigenvalue weighted by molar-refractivity contribution is 6.29. The molecule has 1 amide bonds. The Balaban J connectivity index is 3.16. The van der Waals surface area contributed by atoms with Gasteiger partial charge in [0.2, 0.25) is 11.7 Å². The third-order valence-electron chi connectivity index (χ3n) is 2.64. The maximum atomic E-state index is 11.8. The van der Waals surface area contributed by atoms with Crippen LogP contribution in [0.25, 0.3) is 0 Å². The lowest BCUT2D eigenvalue weighted by Gasteiger charge is -2.24. The van der Waals surface area contributed by atoms with E-state index in [9.17, 15) is 14.9 Å². The second-order valence-electron chi connectivity index (χ2n) is 4.44. The fourth-order valence-corrected chi connectivity index (χ4v) is 1.77. The number of hydrogen-bond acceptors (Lipinski definition) is 5. The molecule has 0 N–H and O–H groups in total. The molecule has 0 saturated carbocycles. The largest absolute Gasteiger partial charge is 0.347 e. The van der Waals surface area contributed by atoms with Gasteiger partial charge in [-0.25, -0.2) is 4.98 Å². The van der Waals surface area contributed by atoms with Crippen LogP contribution in [0.15, 0.2) is 12.1 Å². The number of nitro groups is 1. The lowest BCUT2D eigenvalue weighted by atomic mass is 10.3. The summed E-state index contributed by atoms with van der Waals surface area (Å²) >= 11 is 5.81. The van der Waals surface area contributed by atoms with Crippen LogP contribution < -0.4 is 4.90 Å². The van der Waals surface area contributed by atoms with Crippen molar-refractivity contribution in [2.75, 3.05) is 32.1 Å². The molecule has 0 unspecified atom stereocenters. The molecule has 1 aromatic heterocycles. The molecular formula is C12H17ClN4O3. The number of aromatic nitrogens is 1. The van der Waals surface area contributed by atoms with Crippen molar-refractivity contribution in [2.24, 2.45) is 0 Å². The van der Waals surface area contributed by atoms with Crippen molar-refractivity contribution in [3.8, 4) is 0 Å². The van der Waals surface area contributed by atoms with Gasteiger partial charge in [0.25, 0.3) is 0 Å². The second kappa shape index (κ2) is 7.04. The SMILES string of the molecule is CCCN(CC(=O)N(C)C)c1nc(Cl)ccc1[N+](=O)[O-]. The number of halogens is 1. The predicted octanol–water partition coefficient (Wildman–Crippen LogP) is 1.95. The number of carbonyl (C=O) groups excluding carboxylic acids is 1. The molecule has 0 fully saturated rings. The topological polar surface area (TPSA) is 79.6 Å². The molecule has 0 aliphatic carbocycles. The molecular weight excluding hydrogens is 284 g/mol. The maximum Gasteiger partial charge on any atom is 0.311 e. The van der Waals surface area contributed by atoms with E-state index in [1.165, 1.54) is 17.0 Å². The van der Waals surface area contributed by atoms with Crippen LogP contribution in [0.2, 0.25) is 5.15 Å². The van der Waals surface area contributed by atoms with Crippen molar-refractivity contribution in [3.63, 3.8) is 0 Å². The van der Waals surface area contributed by atoms with Crippen LogP contribution in [-0.4, -0.2) is 47.9 Å². The van der Waals surface area contributed by atoms with Crippen molar-refractivity contribution in [2.45, 2.75) is 13.3 Å². The number of hydrogen-bond donors (Lipinski definition) is 0. The second-order valence-corrected chi connectivity index (χ2v) is 4.83. The highest BCUT2D eigenvalue weighted by atomic mass is 35.5. The lowest BCUT2D eigenvalue weighted by Crippen LogP contribution is -2.37. The Bertz CT molecular complexity index is 507. The predicted molar refractivity (Wildman–Crippen MR) is 77.1 cm³/mol. The summed E-state index contributed by atoms with van der Waals surface area (Å²) in [5, 5.41) is 11.2. The number of nitrogens with zero attached hydrogens (tertiary/aromatic N) is 4. The van der Waals surface area contributed by atoms with E-state index in [4.69, 9.17) is 11.6 Å². The van der Waals surface area contributed by atoms with Crippen LogP contribution in [0.4, 0.5) is 11.5 Å². The Hall–Kier alpha value is -1.89. The van der Waals surface area contributed by atoms with Crippen molar-refractivity contribution < 1.29 is 9.72 Å². The fourth-order valence-electron chi connectivity index (χ4n) is 1.63. The molecule has 110 valence electrons. The highest BCUT2D eigenvalue weighted by Gasteiger charge is 2.23. The standard InChI is InChI=1S/C12H17ClN4O3/c1-4-7-16(8-11(18)15(2)3)12-9(17(19)20)5-6-10(13)14-12/h5-6H,4,7-8H2,1-3H3. The smallest absolute Gasteiger partial charge is 0.311 e. The summed E-state index contributed by atoms with van der Waals surface area (Å²) in [4.78, 5) is 29.4. The minimum absolute atomic E-state index is 0.0228. The molecule has 0 aliphatic heterocycles. The Labute approximate surface area is 122 Å². The van der Waals surface area contributed by atoms with E-state index in [0.717, 1.165) is 6.42 Å². The number of likely N-dealkylation sites (N-methyl/N-ethyl adjacent to an activating group) is 1. The first kappa shape index (κ1) is 16.2.